The van der Waals surface area contributed by atoms with Crippen LogP contribution in [-0.4, -0.2) is 15.5 Å². The molecule has 12 heavy (non-hydrogen) atoms. The van der Waals surface area contributed by atoms with Crippen LogP contribution in [-0.2, 0) is 0 Å². The summed E-state index contributed by atoms with van der Waals surface area (Å²) in [5.74, 6) is 0.520. The molecule has 0 saturated heterocycles. The van der Waals surface area contributed by atoms with Gasteiger partial charge < -0.3 is 5.10 Å². The maximum atomic E-state index is 5.70. The first-order chi connectivity index (χ1) is 5.86. The Morgan fingerprint density at radius 3 is 2.50 bits per heavy atom. The first kappa shape index (κ1) is 7.24. The van der Waals surface area contributed by atoms with Crippen molar-refractivity contribution < 1.29 is 0 Å². The molecule has 0 radical (unpaired) electrons. The largest absolute Gasteiger partial charge is 0.330 e. The molecule has 1 heterocycles. The van der Waals surface area contributed by atoms with Gasteiger partial charge in [-0.1, -0.05) is 23.7 Å². The second kappa shape index (κ2) is 2.91. The summed E-state index contributed by atoms with van der Waals surface area (Å²) < 4.78 is 0. The van der Waals surface area contributed by atoms with Crippen LogP contribution in [0.2, 0.25) is 5.02 Å². The van der Waals surface area contributed by atoms with Gasteiger partial charge in [-0.2, -0.15) is 5.21 Å². The van der Waals surface area contributed by atoms with Gasteiger partial charge in [-0.15, -0.1) is 0 Å². The van der Waals surface area contributed by atoms with Gasteiger partial charge in [-0.05, 0) is 17.7 Å². The molecule has 4 nitrogen and oxygen atoms in total. The minimum atomic E-state index is 0.520. The van der Waals surface area contributed by atoms with E-state index in [1.165, 1.54) is 0 Å². The smallest absolute Gasteiger partial charge is 0.0406 e. The number of benzene rings is 1. The highest BCUT2D eigenvalue weighted by Crippen LogP contribution is 2.15. The molecule has 0 saturated carbocycles. The van der Waals surface area contributed by atoms with Gasteiger partial charge in [0.15, 0.2) is 0 Å². The molecular weight excluding hydrogens is 176 g/mol. The van der Waals surface area contributed by atoms with Gasteiger partial charge in [0.05, 0.1) is 0 Å². The summed E-state index contributed by atoms with van der Waals surface area (Å²) >= 11 is 5.70. The van der Waals surface area contributed by atoms with Crippen molar-refractivity contribution in [3.05, 3.63) is 29.3 Å². The molecule has 0 aliphatic heterocycles. The van der Waals surface area contributed by atoms with Crippen LogP contribution < -0.4 is 5.10 Å². The third-order valence-corrected chi connectivity index (χ3v) is 1.67. The molecule has 0 N–H and O–H groups in total. The van der Waals surface area contributed by atoms with Crippen LogP contribution in [0.4, 0.5) is 0 Å². The van der Waals surface area contributed by atoms with Crippen LogP contribution >= 0.6 is 11.6 Å². The fourth-order valence-electron chi connectivity index (χ4n) is 0.859. The van der Waals surface area contributed by atoms with Gasteiger partial charge in [0, 0.05) is 10.8 Å². The normalized spacial score (nSPS) is 10.1. The van der Waals surface area contributed by atoms with Crippen molar-refractivity contribution in [3.8, 4) is 11.4 Å². The Balaban J connectivity index is 2.43. The lowest BCUT2D eigenvalue weighted by Gasteiger charge is -1.98. The Bertz CT molecular complexity index is 353. The molecule has 0 atom stereocenters. The number of tetrazole rings is 1. The standard InChI is InChI=1S/C7H4ClN4/c8-6-3-1-5(2-4-6)7-9-11-12-10-7/h1-4H/q-1. The Morgan fingerprint density at radius 1 is 1.17 bits per heavy atom. The zero-order valence-corrected chi connectivity index (χ0v) is 6.73. The van der Waals surface area contributed by atoms with Gasteiger partial charge in [0.25, 0.3) is 0 Å². The predicted octanol–water partition coefficient (Wildman–Crippen LogP) is 1.15. The van der Waals surface area contributed by atoms with E-state index in [9.17, 15) is 0 Å². The lowest BCUT2D eigenvalue weighted by molar-refractivity contribution is 0.871. The van der Waals surface area contributed by atoms with Gasteiger partial charge in [-0.25, -0.2) is 0 Å². The summed E-state index contributed by atoms with van der Waals surface area (Å²) in [4.78, 5) is 0. The van der Waals surface area contributed by atoms with Crippen molar-refractivity contribution >= 4 is 11.6 Å². The number of nitrogens with zero attached hydrogens (tertiary/aromatic N) is 4. The van der Waals surface area contributed by atoms with Crippen LogP contribution in [0.15, 0.2) is 24.3 Å². The third-order valence-electron chi connectivity index (χ3n) is 1.42. The minimum absolute atomic E-state index is 0.520. The fourth-order valence-corrected chi connectivity index (χ4v) is 0.985. The van der Waals surface area contributed by atoms with E-state index in [1.807, 2.05) is 12.1 Å². The average molecular weight is 180 g/mol. The van der Waals surface area contributed by atoms with Crippen molar-refractivity contribution in [1.82, 2.24) is 20.6 Å². The number of hydrogen-bond donors (Lipinski definition) is 0. The van der Waals surface area contributed by atoms with E-state index >= 15 is 0 Å². The van der Waals surface area contributed by atoms with E-state index in [4.69, 9.17) is 11.6 Å². The maximum absolute atomic E-state index is 5.70. The molecule has 0 unspecified atom stereocenters. The summed E-state index contributed by atoms with van der Waals surface area (Å²) in [5.41, 5.74) is 0.865. The van der Waals surface area contributed by atoms with E-state index in [-0.39, 0.29) is 0 Å². The Hall–Kier alpha value is -1.42. The topological polar surface area (TPSA) is 52.8 Å². The quantitative estimate of drug-likeness (QED) is 0.659. The van der Waals surface area contributed by atoms with E-state index in [0.717, 1.165) is 5.56 Å². The van der Waals surface area contributed by atoms with Crippen molar-refractivity contribution in [3.63, 3.8) is 0 Å². The highest BCUT2D eigenvalue weighted by atomic mass is 35.5. The molecule has 2 rings (SSSR count). The monoisotopic (exact) mass is 179 g/mol. The summed E-state index contributed by atoms with van der Waals surface area (Å²) in [7, 11) is 0. The van der Waals surface area contributed by atoms with Gasteiger partial charge >= 0.3 is 0 Å². The third kappa shape index (κ3) is 1.29. The van der Waals surface area contributed by atoms with E-state index < -0.39 is 0 Å². The molecule has 0 aliphatic carbocycles. The Kier molecular flexibility index (Phi) is 1.75. The van der Waals surface area contributed by atoms with Gasteiger partial charge in [0.2, 0.25) is 0 Å². The van der Waals surface area contributed by atoms with Crippen LogP contribution in [0.1, 0.15) is 0 Å². The summed E-state index contributed by atoms with van der Waals surface area (Å²) in [6.07, 6.45) is 0. The summed E-state index contributed by atoms with van der Waals surface area (Å²) in [6.45, 7) is 0. The van der Waals surface area contributed by atoms with Gasteiger partial charge in [-0.3, -0.25) is 10.3 Å². The van der Waals surface area contributed by atoms with Gasteiger partial charge in [0.1, 0.15) is 0 Å². The molecule has 0 amide bonds. The summed E-state index contributed by atoms with van der Waals surface area (Å²) in [5, 5.41) is 14.8. The molecule has 1 aromatic carbocycles. The molecule has 2 aromatic rings. The molecule has 0 spiro atoms. The number of rotatable bonds is 1. The van der Waals surface area contributed by atoms with Crippen molar-refractivity contribution in [2.45, 2.75) is 0 Å². The zero-order valence-electron chi connectivity index (χ0n) is 5.98. The van der Waals surface area contributed by atoms with Crippen LogP contribution in [0.3, 0.4) is 0 Å². The second-order valence-corrected chi connectivity index (χ2v) is 2.65. The van der Waals surface area contributed by atoms with Crippen molar-refractivity contribution in [2.24, 2.45) is 0 Å². The van der Waals surface area contributed by atoms with Crippen LogP contribution in [0, 0.1) is 0 Å². The fraction of sp³-hybridized carbons (Fsp3) is 0. The molecule has 60 valence electrons. The van der Waals surface area contributed by atoms with Crippen molar-refractivity contribution in [1.29, 1.82) is 0 Å². The lowest BCUT2D eigenvalue weighted by Crippen LogP contribution is -1.81. The number of halogens is 1. The first-order valence-corrected chi connectivity index (χ1v) is 3.69. The highest BCUT2D eigenvalue weighted by Gasteiger charge is 1.93. The first-order valence-electron chi connectivity index (χ1n) is 3.31. The predicted molar refractivity (Wildman–Crippen MR) is 43.6 cm³/mol. The Morgan fingerprint density at radius 2 is 1.92 bits per heavy atom. The Labute approximate surface area is 73.6 Å². The number of aromatic nitrogens is 4. The average Bonchev–Trinajstić information content (AvgIpc) is 2.58. The maximum Gasteiger partial charge on any atom is 0.0406 e. The highest BCUT2D eigenvalue weighted by molar-refractivity contribution is 6.30. The SMILES string of the molecule is Clc1ccc(-c2nnn[n-]2)cc1. The van der Waals surface area contributed by atoms with E-state index in [1.54, 1.807) is 12.1 Å². The van der Waals surface area contributed by atoms with E-state index in [2.05, 4.69) is 20.6 Å². The number of hydrogen-bond acceptors (Lipinski definition) is 3. The zero-order chi connectivity index (χ0) is 8.39. The molecule has 5 heteroatoms. The molecule has 0 aliphatic rings. The minimum Gasteiger partial charge on any atom is -0.330 e. The van der Waals surface area contributed by atoms with Crippen molar-refractivity contribution in [2.75, 3.05) is 0 Å². The summed E-state index contributed by atoms with van der Waals surface area (Å²) in [6, 6.07) is 7.18. The molecule has 1 aromatic heterocycles. The lowest BCUT2D eigenvalue weighted by atomic mass is 10.2. The molecule has 0 fully saturated rings. The van der Waals surface area contributed by atoms with E-state index in [0.29, 0.717) is 10.8 Å². The second-order valence-electron chi connectivity index (χ2n) is 2.21. The molecule has 0 bridgehead atoms. The molecular formula is C7H4ClN4-. The van der Waals surface area contributed by atoms with Crippen LogP contribution in [0.25, 0.3) is 11.4 Å². The van der Waals surface area contributed by atoms with Crippen LogP contribution in [0.5, 0.6) is 0 Å².